The van der Waals surface area contributed by atoms with Gasteiger partial charge < -0.3 is 4.74 Å². The van der Waals surface area contributed by atoms with E-state index in [1.807, 2.05) is 19.6 Å². The smallest absolute Gasteiger partial charge is 0.320 e. The lowest BCUT2D eigenvalue weighted by atomic mass is 10.7. The van der Waals surface area contributed by atoms with E-state index in [0.717, 1.165) is 0 Å². The third-order valence-electron chi connectivity index (χ3n) is 1.25. The number of carbonyl (C=O) groups is 1. The van der Waals surface area contributed by atoms with Gasteiger partial charge in [-0.05, 0) is 6.92 Å². The van der Waals surface area contributed by atoms with Gasteiger partial charge in [0.2, 0.25) is 0 Å². The van der Waals surface area contributed by atoms with Crippen molar-refractivity contribution in [1.82, 2.24) is 0 Å². The zero-order valence-electron chi connectivity index (χ0n) is 7.48. The predicted molar refractivity (Wildman–Crippen MR) is 49.6 cm³/mol. The van der Waals surface area contributed by atoms with Crippen molar-refractivity contribution in [2.45, 2.75) is 31.6 Å². The molecule has 0 bridgehead atoms. The molecular formula is C7H15ClO2Si. The van der Waals surface area contributed by atoms with Crippen molar-refractivity contribution in [3.8, 4) is 0 Å². The van der Waals surface area contributed by atoms with Gasteiger partial charge in [-0.15, -0.1) is 11.6 Å². The van der Waals surface area contributed by atoms with Crippen LogP contribution < -0.4 is 0 Å². The maximum Gasteiger partial charge on any atom is 0.320 e. The molecule has 0 aromatic carbocycles. The molecule has 0 aliphatic rings. The van der Waals surface area contributed by atoms with E-state index in [9.17, 15) is 4.79 Å². The summed E-state index contributed by atoms with van der Waals surface area (Å²) in [5.74, 6) is -0.270. The minimum atomic E-state index is -1.57. The highest BCUT2D eigenvalue weighted by Gasteiger charge is 2.31. The molecule has 0 rings (SSSR count). The Morgan fingerprint density at radius 3 is 2.27 bits per heavy atom. The Morgan fingerprint density at radius 2 is 2.00 bits per heavy atom. The number of esters is 1. The van der Waals surface area contributed by atoms with E-state index in [1.54, 1.807) is 6.92 Å². The van der Waals surface area contributed by atoms with E-state index < -0.39 is 13.1 Å². The van der Waals surface area contributed by atoms with Gasteiger partial charge in [-0.2, -0.15) is 0 Å². The Morgan fingerprint density at radius 1 is 1.55 bits per heavy atom. The molecule has 0 spiro atoms. The van der Waals surface area contributed by atoms with Crippen LogP contribution >= 0.6 is 11.6 Å². The lowest BCUT2D eigenvalue weighted by molar-refractivity contribution is -0.141. The first-order valence-corrected chi connectivity index (χ1v) is 7.71. The SMILES string of the molecule is CCOC(=O)C(Cl)[Si](C)(C)C. The average molecular weight is 195 g/mol. The number of hydrogen-bond donors (Lipinski definition) is 0. The molecule has 0 aromatic rings. The summed E-state index contributed by atoms with van der Waals surface area (Å²) in [7, 11) is -1.57. The molecule has 0 N–H and O–H groups in total. The molecule has 0 heterocycles. The summed E-state index contributed by atoms with van der Waals surface area (Å²) in [4.78, 5) is 11.1. The molecule has 4 heteroatoms. The molecule has 1 unspecified atom stereocenters. The van der Waals surface area contributed by atoms with Gasteiger partial charge >= 0.3 is 5.97 Å². The van der Waals surface area contributed by atoms with E-state index in [-0.39, 0.29) is 5.97 Å². The van der Waals surface area contributed by atoms with Gasteiger partial charge in [0.1, 0.15) is 5.00 Å². The van der Waals surface area contributed by atoms with Crippen LogP contribution in [0.25, 0.3) is 0 Å². The Balaban J connectivity index is 4.03. The van der Waals surface area contributed by atoms with Crippen molar-refractivity contribution in [2.75, 3.05) is 6.61 Å². The van der Waals surface area contributed by atoms with Gasteiger partial charge in [0.25, 0.3) is 0 Å². The molecule has 0 saturated heterocycles. The minimum Gasteiger partial charge on any atom is -0.465 e. The molecule has 0 radical (unpaired) electrons. The number of alkyl halides is 1. The fourth-order valence-electron chi connectivity index (χ4n) is 0.569. The largest absolute Gasteiger partial charge is 0.465 e. The molecule has 0 aromatic heterocycles. The van der Waals surface area contributed by atoms with Crippen LogP contribution in [0.1, 0.15) is 6.92 Å². The highest BCUT2D eigenvalue weighted by atomic mass is 35.5. The summed E-state index contributed by atoms with van der Waals surface area (Å²) in [6.45, 7) is 8.32. The maximum absolute atomic E-state index is 11.1. The Labute approximate surface area is 73.9 Å². The lowest BCUT2D eigenvalue weighted by Crippen LogP contribution is -2.40. The summed E-state index contributed by atoms with van der Waals surface area (Å²) in [5, 5.41) is -0.414. The normalized spacial score (nSPS) is 14.3. The summed E-state index contributed by atoms with van der Waals surface area (Å²) < 4.78 is 4.79. The topological polar surface area (TPSA) is 26.3 Å². The molecule has 66 valence electrons. The molecule has 0 amide bonds. The molecular weight excluding hydrogens is 180 g/mol. The van der Waals surface area contributed by atoms with Gasteiger partial charge in [0.05, 0.1) is 14.7 Å². The van der Waals surface area contributed by atoms with Crippen LogP contribution in [0.3, 0.4) is 0 Å². The minimum absolute atomic E-state index is 0.270. The second-order valence-electron chi connectivity index (χ2n) is 3.48. The van der Waals surface area contributed by atoms with Crippen LogP contribution in [0.4, 0.5) is 0 Å². The summed E-state index contributed by atoms with van der Waals surface area (Å²) in [6, 6.07) is 0. The van der Waals surface area contributed by atoms with Crippen molar-refractivity contribution in [1.29, 1.82) is 0 Å². The second-order valence-corrected chi connectivity index (χ2v) is 9.59. The molecule has 0 saturated carbocycles. The fraction of sp³-hybridized carbons (Fsp3) is 0.857. The van der Waals surface area contributed by atoms with Crippen LogP contribution in [0, 0.1) is 0 Å². The van der Waals surface area contributed by atoms with Crippen LogP contribution in [-0.2, 0) is 9.53 Å². The summed E-state index contributed by atoms with van der Waals surface area (Å²) in [6.07, 6.45) is 0. The highest BCUT2D eigenvalue weighted by Crippen LogP contribution is 2.15. The monoisotopic (exact) mass is 194 g/mol. The fourth-order valence-corrected chi connectivity index (χ4v) is 1.42. The predicted octanol–water partition coefficient (Wildman–Crippen LogP) is 2.03. The summed E-state index contributed by atoms with van der Waals surface area (Å²) in [5.41, 5.74) is 0. The molecule has 0 fully saturated rings. The first kappa shape index (κ1) is 11.0. The van der Waals surface area contributed by atoms with Crippen molar-refractivity contribution >= 4 is 25.6 Å². The molecule has 11 heavy (non-hydrogen) atoms. The maximum atomic E-state index is 11.1. The van der Waals surface area contributed by atoms with Gasteiger partial charge in [-0.3, -0.25) is 4.79 Å². The number of carbonyl (C=O) groups excluding carboxylic acids is 1. The zero-order valence-corrected chi connectivity index (χ0v) is 9.23. The standard InChI is InChI=1S/C7H15ClO2Si/c1-5-10-7(9)6(8)11(2,3)4/h6H,5H2,1-4H3. The Bertz CT molecular complexity index is 142. The van der Waals surface area contributed by atoms with E-state index in [4.69, 9.17) is 16.3 Å². The van der Waals surface area contributed by atoms with Crippen molar-refractivity contribution in [2.24, 2.45) is 0 Å². The van der Waals surface area contributed by atoms with Crippen LogP contribution in [0.5, 0.6) is 0 Å². The number of hydrogen-bond acceptors (Lipinski definition) is 2. The quantitative estimate of drug-likeness (QED) is 0.391. The first-order chi connectivity index (χ1) is 4.89. The molecule has 0 aliphatic heterocycles. The van der Waals surface area contributed by atoms with E-state index >= 15 is 0 Å². The lowest BCUT2D eigenvalue weighted by Gasteiger charge is -2.20. The van der Waals surface area contributed by atoms with Crippen LogP contribution in [-0.4, -0.2) is 25.7 Å². The highest BCUT2D eigenvalue weighted by molar-refractivity contribution is 6.87. The van der Waals surface area contributed by atoms with Gasteiger partial charge in [-0.1, -0.05) is 19.6 Å². The zero-order chi connectivity index (χ0) is 9.07. The van der Waals surface area contributed by atoms with Crippen molar-refractivity contribution in [3.05, 3.63) is 0 Å². The summed E-state index contributed by atoms with van der Waals surface area (Å²) >= 11 is 5.87. The number of halogens is 1. The number of ether oxygens (including phenoxy) is 1. The number of rotatable bonds is 3. The van der Waals surface area contributed by atoms with Crippen LogP contribution in [0.2, 0.25) is 19.6 Å². The van der Waals surface area contributed by atoms with Gasteiger partial charge in [-0.25, -0.2) is 0 Å². The molecule has 2 nitrogen and oxygen atoms in total. The average Bonchev–Trinajstić information content (AvgIpc) is 1.85. The van der Waals surface area contributed by atoms with Gasteiger partial charge in [0.15, 0.2) is 0 Å². The van der Waals surface area contributed by atoms with Gasteiger partial charge in [0, 0.05) is 0 Å². The first-order valence-electron chi connectivity index (χ1n) is 3.70. The van der Waals surface area contributed by atoms with E-state index in [1.165, 1.54) is 0 Å². The van der Waals surface area contributed by atoms with Crippen molar-refractivity contribution < 1.29 is 9.53 Å². The Kier molecular flexibility index (Phi) is 4.11. The van der Waals surface area contributed by atoms with Crippen LogP contribution in [0.15, 0.2) is 0 Å². The third kappa shape index (κ3) is 3.77. The molecule has 0 aliphatic carbocycles. The second kappa shape index (κ2) is 4.12. The third-order valence-corrected chi connectivity index (χ3v) is 5.15. The van der Waals surface area contributed by atoms with Crippen molar-refractivity contribution in [3.63, 3.8) is 0 Å². The van der Waals surface area contributed by atoms with E-state index in [2.05, 4.69) is 0 Å². The molecule has 1 atom stereocenters. The Hall–Kier alpha value is -0.0231. The van der Waals surface area contributed by atoms with E-state index in [0.29, 0.717) is 6.61 Å².